The summed E-state index contributed by atoms with van der Waals surface area (Å²) in [6.45, 7) is 1.89. The second-order valence-electron chi connectivity index (χ2n) is 5.18. The molecule has 0 radical (unpaired) electrons. The topological polar surface area (TPSA) is 56.5 Å². The molecule has 0 spiro atoms. The lowest BCUT2D eigenvalue weighted by molar-refractivity contribution is 0.354. The molecule has 2 rings (SSSR count). The SMILES string of the molecule is COc1ccc(CCNCCc2ccc(N)cc2)cc1OC. The van der Waals surface area contributed by atoms with Gasteiger partial charge in [-0.25, -0.2) is 0 Å². The van der Waals surface area contributed by atoms with Crippen molar-refractivity contribution >= 4 is 5.69 Å². The van der Waals surface area contributed by atoms with E-state index in [2.05, 4.69) is 23.5 Å². The van der Waals surface area contributed by atoms with Gasteiger partial charge >= 0.3 is 0 Å². The van der Waals surface area contributed by atoms with Crippen LogP contribution in [0, 0.1) is 0 Å². The first-order valence-corrected chi connectivity index (χ1v) is 7.49. The predicted molar refractivity (Wildman–Crippen MR) is 90.7 cm³/mol. The number of hydrogen-bond acceptors (Lipinski definition) is 4. The lowest BCUT2D eigenvalue weighted by Crippen LogP contribution is -2.20. The van der Waals surface area contributed by atoms with Crippen molar-refractivity contribution in [3.05, 3.63) is 53.6 Å². The normalized spacial score (nSPS) is 10.5. The molecule has 0 saturated heterocycles. The Labute approximate surface area is 132 Å². The Bertz CT molecular complexity index is 582. The fourth-order valence-electron chi connectivity index (χ4n) is 2.31. The first-order chi connectivity index (χ1) is 10.7. The van der Waals surface area contributed by atoms with E-state index in [4.69, 9.17) is 15.2 Å². The highest BCUT2D eigenvalue weighted by Gasteiger charge is 2.04. The van der Waals surface area contributed by atoms with Crippen molar-refractivity contribution in [3.8, 4) is 11.5 Å². The van der Waals surface area contributed by atoms with Crippen LogP contribution in [-0.2, 0) is 12.8 Å². The van der Waals surface area contributed by atoms with Gasteiger partial charge in [-0.05, 0) is 61.3 Å². The summed E-state index contributed by atoms with van der Waals surface area (Å²) in [6.07, 6.45) is 1.97. The van der Waals surface area contributed by atoms with Crippen LogP contribution in [0.25, 0.3) is 0 Å². The van der Waals surface area contributed by atoms with Crippen molar-refractivity contribution in [1.82, 2.24) is 5.32 Å². The van der Waals surface area contributed by atoms with E-state index in [0.717, 1.165) is 43.1 Å². The molecule has 0 unspecified atom stereocenters. The van der Waals surface area contributed by atoms with Crippen molar-refractivity contribution in [2.45, 2.75) is 12.8 Å². The number of hydrogen-bond donors (Lipinski definition) is 2. The van der Waals surface area contributed by atoms with E-state index in [1.54, 1.807) is 14.2 Å². The summed E-state index contributed by atoms with van der Waals surface area (Å²) in [5.41, 5.74) is 9.02. The highest BCUT2D eigenvalue weighted by atomic mass is 16.5. The van der Waals surface area contributed by atoms with Gasteiger partial charge in [-0.2, -0.15) is 0 Å². The first kappa shape index (κ1) is 16.2. The van der Waals surface area contributed by atoms with Gasteiger partial charge in [-0.3, -0.25) is 0 Å². The van der Waals surface area contributed by atoms with Crippen LogP contribution in [-0.4, -0.2) is 27.3 Å². The molecule has 0 aliphatic rings. The second kappa shape index (κ2) is 8.29. The minimum Gasteiger partial charge on any atom is -0.493 e. The van der Waals surface area contributed by atoms with Crippen LogP contribution >= 0.6 is 0 Å². The highest BCUT2D eigenvalue weighted by molar-refractivity contribution is 5.43. The fourth-order valence-corrected chi connectivity index (χ4v) is 2.31. The minimum absolute atomic E-state index is 0.766. The van der Waals surface area contributed by atoms with Gasteiger partial charge < -0.3 is 20.5 Å². The Balaban J connectivity index is 1.73. The van der Waals surface area contributed by atoms with Gasteiger partial charge in [0.1, 0.15) is 0 Å². The zero-order valence-corrected chi connectivity index (χ0v) is 13.3. The van der Waals surface area contributed by atoms with E-state index < -0.39 is 0 Å². The van der Waals surface area contributed by atoms with E-state index in [1.807, 2.05) is 24.3 Å². The van der Waals surface area contributed by atoms with Crippen molar-refractivity contribution in [1.29, 1.82) is 0 Å². The van der Waals surface area contributed by atoms with Gasteiger partial charge in [0.05, 0.1) is 14.2 Å². The summed E-state index contributed by atoms with van der Waals surface area (Å²) in [5, 5.41) is 3.46. The second-order valence-corrected chi connectivity index (χ2v) is 5.18. The number of benzene rings is 2. The van der Waals surface area contributed by atoms with E-state index >= 15 is 0 Å². The summed E-state index contributed by atoms with van der Waals surface area (Å²) >= 11 is 0. The van der Waals surface area contributed by atoms with Crippen LogP contribution in [0.1, 0.15) is 11.1 Å². The number of nitrogens with one attached hydrogen (secondary N) is 1. The zero-order chi connectivity index (χ0) is 15.8. The van der Waals surface area contributed by atoms with Gasteiger partial charge in [-0.15, -0.1) is 0 Å². The average Bonchev–Trinajstić information content (AvgIpc) is 2.56. The van der Waals surface area contributed by atoms with Crippen LogP contribution in [0.2, 0.25) is 0 Å². The Kier molecular flexibility index (Phi) is 6.10. The largest absolute Gasteiger partial charge is 0.493 e. The van der Waals surface area contributed by atoms with Crippen LogP contribution in [0.3, 0.4) is 0 Å². The van der Waals surface area contributed by atoms with Crippen LogP contribution in [0.15, 0.2) is 42.5 Å². The smallest absolute Gasteiger partial charge is 0.160 e. The van der Waals surface area contributed by atoms with E-state index in [-0.39, 0.29) is 0 Å². The third-order valence-corrected chi connectivity index (χ3v) is 3.61. The molecule has 22 heavy (non-hydrogen) atoms. The molecular weight excluding hydrogens is 276 g/mol. The molecule has 0 aliphatic heterocycles. The molecule has 4 nitrogen and oxygen atoms in total. The number of anilines is 1. The quantitative estimate of drug-likeness (QED) is 0.581. The summed E-state index contributed by atoms with van der Waals surface area (Å²) in [5.74, 6) is 1.55. The van der Waals surface area contributed by atoms with E-state index in [1.165, 1.54) is 11.1 Å². The summed E-state index contributed by atoms with van der Waals surface area (Å²) in [4.78, 5) is 0. The number of nitrogens with two attached hydrogens (primary N) is 1. The molecule has 0 fully saturated rings. The third kappa shape index (κ3) is 4.67. The number of methoxy groups -OCH3 is 2. The summed E-state index contributed by atoms with van der Waals surface area (Å²) in [7, 11) is 3.31. The first-order valence-electron chi connectivity index (χ1n) is 7.49. The monoisotopic (exact) mass is 300 g/mol. The fraction of sp³-hybridized carbons (Fsp3) is 0.333. The Morgan fingerprint density at radius 2 is 1.41 bits per heavy atom. The molecule has 0 heterocycles. The lowest BCUT2D eigenvalue weighted by atomic mass is 10.1. The number of nitrogen functional groups attached to an aromatic ring is 1. The molecule has 0 atom stereocenters. The maximum Gasteiger partial charge on any atom is 0.160 e. The molecule has 0 amide bonds. The van der Waals surface area contributed by atoms with Crippen LogP contribution < -0.4 is 20.5 Å². The predicted octanol–water partition coefficient (Wildman–Crippen LogP) is 2.66. The number of ether oxygens (including phenoxy) is 2. The Morgan fingerprint density at radius 3 is 2.05 bits per heavy atom. The van der Waals surface area contributed by atoms with E-state index in [0.29, 0.717) is 0 Å². The van der Waals surface area contributed by atoms with Gasteiger partial charge in [0, 0.05) is 5.69 Å². The molecule has 0 bridgehead atoms. The van der Waals surface area contributed by atoms with Gasteiger partial charge in [0.25, 0.3) is 0 Å². The van der Waals surface area contributed by atoms with E-state index in [9.17, 15) is 0 Å². The third-order valence-electron chi connectivity index (χ3n) is 3.61. The van der Waals surface area contributed by atoms with Gasteiger partial charge in [0.15, 0.2) is 11.5 Å². The molecule has 0 aliphatic carbocycles. The Hall–Kier alpha value is -2.20. The van der Waals surface area contributed by atoms with Gasteiger partial charge in [0.2, 0.25) is 0 Å². The maximum absolute atomic E-state index is 5.68. The number of rotatable bonds is 8. The molecular formula is C18H24N2O2. The molecule has 0 saturated carbocycles. The molecule has 4 heteroatoms. The molecule has 0 aromatic heterocycles. The van der Waals surface area contributed by atoms with Crippen LogP contribution in [0.5, 0.6) is 11.5 Å². The molecule has 2 aromatic rings. The zero-order valence-electron chi connectivity index (χ0n) is 13.3. The van der Waals surface area contributed by atoms with Crippen molar-refractivity contribution in [2.75, 3.05) is 33.0 Å². The Morgan fingerprint density at radius 1 is 0.818 bits per heavy atom. The average molecular weight is 300 g/mol. The molecule has 3 N–H and O–H groups in total. The minimum atomic E-state index is 0.766. The highest BCUT2D eigenvalue weighted by Crippen LogP contribution is 2.27. The molecule has 118 valence electrons. The van der Waals surface area contributed by atoms with Crippen LogP contribution in [0.4, 0.5) is 5.69 Å². The maximum atomic E-state index is 5.68. The summed E-state index contributed by atoms with van der Waals surface area (Å²) in [6, 6.07) is 14.1. The van der Waals surface area contributed by atoms with Crippen molar-refractivity contribution < 1.29 is 9.47 Å². The summed E-state index contributed by atoms with van der Waals surface area (Å²) < 4.78 is 10.6. The lowest BCUT2D eigenvalue weighted by Gasteiger charge is -2.10. The van der Waals surface area contributed by atoms with Gasteiger partial charge in [-0.1, -0.05) is 18.2 Å². The molecule has 2 aromatic carbocycles. The van der Waals surface area contributed by atoms with Crippen molar-refractivity contribution in [3.63, 3.8) is 0 Å². The standard InChI is InChI=1S/C18H24N2O2/c1-21-17-8-5-15(13-18(17)22-2)10-12-20-11-9-14-3-6-16(19)7-4-14/h3-8,13,20H,9-12,19H2,1-2H3. The van der Waals surface area contributed by atoms with Crippen molar-refractivity contribution in [2.24, 2.45) is 0 Å².